The van der Waals surface area contributed by atoms with Gasteiger partial charge in [-0.05, 0) is 29.8 Å². The number of sulfonamides is 1. The fourth-order valence-electron chi connectivity index (χ4n) is 5.28. The van der Waals surface area contributed by atoms with Crippen LogP contribution in [0.4, 0.5) is 0 Å². The number of nitrogens with zero attached hydrogens (tertiary/aromatic N) is 2. The molecule has 2 aliphatic rings. The molecular weight excluding hydrogens is 442 g/mol. The number of aromatic nitrogens is 1. The molecule has 9 heteroatoms. The number of nitrogens with one attached hydrogen (secondary N) is 1. The summed E-state index contributed by atoms with van der Waals surface area (Å²) >= 11 is 0. The number of likely N-dealkylation sites (tertiary alicyclic amines) is 1. The van der Waals surface area contributed by atoms with Crippen LogP contribution in [0.15, 0.2) is 53.4 Å². The molecular formula is C24H27N3O5S. The van der Waals surface area contributed by atoms with Crippen molar-refractivity contribution in [2.45, 2.75) is 29.7 Å². The number of hydrogen-bond donors (Lipinski definition) is 2. The Morgan fingerprint density at radius 1 is 1.18 bits per heavy atom. The molecule has 1 atom stereocenters. The molecule has 1 spiro atoms. The van der Waals surface area contributed by atoms with Crippen LogP contribution < -0.4 is 4.74 Å². The SMILES string of the molecule is CCC(=O)N1CC2(C1)CN(S(=O)(=O)c1ccccc1)[C@H](CO)c1[nH]c3cc(OC)ccc3c12. The molecule has 0 bridgehead atoms. The van der Waals surface area contributed by atoms with E-state index in [-0.39, 0.29) is 24.0 Å². The van der Waals surface area contributed by atoms with Crippen LogP contribution in [0, 0.1) is 0 Å². The van der Waals surface area contributed by atoms with Crippen molar-refractivity contribution < 1.29 is 23.1 Å². The molecule has 3 heterocycles. The number of aromatic amines is 1. The standard InChI is InChI=1S/C24H27N3O5S/c1-3-21(29)26-13-24(14-26)15-27(33(30,31)17-7-5-4-6-8-17)20(12-28)23-22(24)18-10-9-16(32-2)11-19(18)25-23/h4-11,20,25,28H,3,12-15H2,1-2H3/t20-/m1/s1. The number of H-pyrrole nitrogens is 1. The number of ether oxygens (including phenoxy) is 1. The number of carbonyl (C=O) groups excluding carboxylic acids is 1. The minimum Gasteiger partial charge on any atom is -0.497 e. The molecule has 8 nitrogen and oxygen atoms in total. The number of aliphatic hydroxyl groups is 1. The van der Waals surface area contributed by atoms with Crippen LogP contribution in [0.5, 0.6) is 5.75 Å². The second-order valence-electron chi connectivity index (χ2n) is 8.77. The van der Waals surface area contributed by atoms with Crippen molar-refractivity contribution in [1.29, 1.82) is 0 Å². The van der Waals surface area contributed by atoms with Gasteiger partial charge in [-0.1, -0.05) is 25.1 Å². The normalized spacial score (nSPS) is 20.0. The number of aliphatic hydroxyl groups excluding tert-OH is 1. The maximum Gasteiger partial charge on any atom is 0.243 e. The predicted molar refractivity (Wildman–Crippen MR) is 124 cm³/mol. The molecule has 0 unspecified atom stereocenters. The summed E-state index contributed by atoms with van der Waals surface area (Å²) < 4.78 is 34.1. The van der Waals surface area contributed by atoms with Crippen LogP contribution in [0.3, 0.4) is 0 Å². The number of rotatable bonds is 5. The highest BCUT2D eigenvalue weighted by Crippen LogP contribution is 2.50. The van der Waals surface area contributed by atoms with Crippen LogP contribution >= 0.6 is 0 Å². The summed E-state index contributed by atoms with van der Waals surface area (Å²) in [6.07, 6.45) is 0.402. The lowest BCUT2D eigenvalue weighted by atomic mass is 9.69. The Labute approximate surface area is 192 Å². The van der Waals surface area contributed by atoms with Crippen molar-refractivity contribution in [3.05, 3.63) is 59.8 Å². The second kappa shape index (κ2) is 7.86. The third-order valence-corrected chi connectivity index (χ3v) is 8.74. The monoisotopic (exact) mass is 469 g/mol. The molecule has 174 valence electrons. The van der Waals surface area contributed by atoms with Gasteiger partial charge in [0.05, 0.1) is 24.7 Å². The zero-order valence-corrected chi connectivity index (χ0v) is 19.4. The maximum absolute atomic E-state index is 13.7. The summed E-state index contributed by atoms with van der Waals surface area (Å²) in [5, 5.41) is 11.3. The molecule has 5 rings (SSSR count). The van der Waals surface area contributed by atoms with Crippen LogP contribution in [0.25, 0.3) is 10.9 Å². The van der Waals surface area contributed by atoms with Crippen molar-refractivity contribution in [3.63, 3.8) is 0 Å². The molecule has 1 saturated heterocycles. The summed E-state index contributed by atoms with van der Waals surface area (Å²) in [6, 6.07) is 13.2. The second-order valence-corrected chi connectivity index (χ2v) is 10.7. The van der Waals surface area contributed by atoms with Crippen molar-refractivity contribution in [1.82, 2.24) is 14.2 Å². The summed E-state index contributed by atoms with van der Waals surface area (Å²) in [4.78, 5) is 17.7. The molecule has 1 fully saturated rings. The fourth-order valence-corrected chi connectivity index (χ4v) is 6.98. The molecule has 1 aromatic heterocycles. The number of methoxy groups -OCH3 is 1. The maximum atomic E-state index is 13.7. The Morgan fingerprint density at radius 2 is 1.91 bits per heavy atom. The number of amides is 1. The van der Waals surface area contributed by atoms with Crippen LogP contribution in [0.1, 0.15) is 30.6 Å². The summed E-state index contributed by atoms with van der Waals surface area (Å²) in [5.41, 5.74) is 1.92. The van der Waals surface area contributed by atoms with Gasteiger partial charge in [0.2, 0.25) is 15.9 Å². The average Bonchev–Trinajstić information content (AvgIpc) is 3.20. The highest BCUT2D eigenvalue weighted by Gasteiger charge is 2.56. The van der Waals surface area contributed by atoms with Gasteiger partial charge in [0.25, 0.3) is 0 Å². The van der Waals surface area contributed by atoms with Gasteiger partial charge in [0.1, 0.15) is 5.75 Å². The molecule has 33 heavy (non-hydrogen) atoms. The van der Waals surface area contributed by atoms with Gasteiger partial charge < -0.3 is 19.7 Å². The molecule has 2 N–H and O–H groups in total. The first-order chi connectivity index (χ1) is 15.8. The van der Waals surface area contributed by atoms with Gasteiger partial charge in [-0.25, -0.2) is 8.42 Å². The van der Waals surface area contributed by atoms with Gasteiger partial charge in [0.15, 0.2) is 0 Å². The van der Waals surface area contributed by atoms with Crippen LogP contribution in [0.2, 0.25) is 0 Å². The first kappa shape index (κ1) is 21.9. The fraction of sp³-hybridized carbons (Fsp3) is 0.375. The molecule has 0 aliphatic carbocycles. The molecule has 1 amide bonds. The highest BCUT2D eigenvalue weighted by atomic mass is 32.2. The number of carbonyl (C=O) groups is 1. The molecule has 0 radical (unpaired) electrons. The molecule has 3 aromatic rings. The molecule has 2 aliphatic heterocycles. The van der Waals surface area contributed by atoms with Crippen LogP contribution in [-0.4, -0.2) is 67.0 Å². The zero-order valence-electron chi connectivity index (χ0n) is 18.6. The average molecular weight is 470 g/mol. The van der Waals surface area contributed by atoms with Gasteiger partial charge in [0, 0.05) is 54.1 Å². The topological polar surface area (TPSA) is 103 Å². The van der Waals surface area contributed by atoms with E-state index in [0.29, 0.717) is 31.0 Å². The lowest BCUT2D eigenvalue weighted by Gasteiger charge is -2.55. The largest absolute Gasteiger partial charge is 0.497 e. The Bertz CT molecular complexity index is 1310. The van der Waals surface area contributed by atoms with Crippen molar-refractivity contribution in [2.75, 3.05) is 33.4 Å². The van der Waals surface area contributed by atoms with E-state index in [1.165, 1.54) is 4.31 Å². The van der Waals surface area contributed by atoms with E-state index in [9.17, 15) is 18.3 Å². The Kier molecular flexibility index (Phi) is 5.23. The van der Waals surface area contributed by atoms with Gasteiger partial charge in [-0.2, -0.15) is 4.31 Å². The van der Waals surface area contributed by atoms with Crippen LogP contribution in [-0.2, 0) is 20.2 Å². The minimum atomic E-state index is -3.88. The first-order valence-electron chi connectivity index (χ1n) is 11.0. The molecule has 0 saturated carbocycles. The third kappa shape index (κ3) is 3.25. The predicted octanol–water partition coefficient (Wildman–Crippen LogP) is 2.40. The first-order valence-corrected chi connectivity index (χ1v) is 12.4. The van der Waals surface area contributed by atoms with Crippen molar-refractivity contribution in [2.24, 2.45) is 0 Å². The summed E-state index contributed by atoms with van der Waals surface area (Å²) in [7, 11) is -2.29. The van der Waals surface area contributed by atoms with E-state index >= 15 is 0 Å². The van der Waals surface area contributed by atoms with Gasteiger partial charge in [-0.3, -0.25) is 4.79 Å². The number of hydrogen-bond acceptors (Lipinski definition) is 5. The van der Waals surface area contributed by atoms with E-state index in [2.05, 4.69) is 4.98 Å². The quantitative estimate of drug-likeness (QED) is 0.597. The van der Waals surface area contributed by atoms with Crippen molar-refractivity contribution in [3.8, 4) is 5.75 Å². The number of fused-ring (bicyclic) bond motifs is 4. The summed E-state index contributed by atoms with van der Waals surface area (Å²) in [5.74, 6) is 0.728. The minimum absolute atomic E-state index is 0.0467. The van der Waals surface area contributed by atoms with E-state index in [4.69, 9.17) is 4.74 Å². The Hall–Kier alpha value is -2.88. The van der Waals surface area contributed by atoms with E-state index in [1.54, 1.807) is 42.3 Å². The highest BCUT2D eigenvalue weighted by molar-refractivity contribution is 7.89. The summed E-state index contributed by atoms with van der Waals surface area (Å²) in [6.45, 7) is 2.52. The van der Waals surface area contributed by atoms with E-state index < -0.39 is 21.5 Å². The Morgan fingerprint density at radius 3 is 2.55 bits per heavy atom. The van der Waals surface area contributed by atoms with E-state index in [1.807, 2.05) is 25.1 Å². The van der Waals surface area contributed by atoms with Gasteiger partial charge in [-0.15, -0.1) is 0 Å². The number of benzene rings is 2. The smallest absolute Gasteiger partial charge is 0.243 e. The van der Waals surface area contributed by atoms with Gasteiger partial charge >= 0.3 is 0 Å². The lowest BCUT2D eigenvalue weighted by Crippen LogP contribution is -2.68. The van der Waals surface area contributed by atoms with E-state index in [0.717, 1.165) is 16.5 Å². The van der Waals surface area contributed by atoms with Crippen molar-refractivity contribution >= 4 is 26.8 Å². The third-order valence-electron chi connectivity index (χ3n) is 6.87. The molecule has 2 aromatic carbocycles. The zero-order chi connectivity index (χ0) is 23.4. The Balaban J connectivity index is 1.69. The lowest BCUT2D eigenvalue weighted by molar-refractivity contribution is -0.139.